The molecule has 0 aromatic heterocycles. The maximum Gasteiger partial charge on any atom is 0.305 e. The highest BCUT2D eigenvalue weighted by molar-refractivity contribution is 6.24. The van der Waals surface area contributed by atoms with E-state index in [1.54, 1.807) is 0 Å². The summed E-state index contributed by atoms with van der Waals surface area (Å²) in [5.41, 5.74) is 5.82. The maximum absolute atomic E-state index is 14.2. The normalized spacial score (nSPS) is 18.5. The number of carbonyl (C=O) groups excluding carboxylic acids is 2. The molecule has 0 saturated heterocycles. The van der Waals surface area contributed by atoms with Crippen LogP contribution >= 0.6 is 0 Å². The Balaban J connectivity index is 1.28. The number of aliphatic carboxylic acids is 1. The molecule has 0 fully saturated rings. The minimum atomic E-state index is -0.816. The lowest BCUT2D eigenvalue weighted by Gasteiger charge is -2.29. The van der Waals surface area contributed by atoms with Gasteiger partial charge < -0.3 is 19.8 Å². The first kappa shape index (κ1) is 36.8. The van der Waals surface area contributed by atoms with Gasteiger partial charge in [0.1, 0.15) is 12.3 Å². The Bertz CT molecular complexity index is 2340. The summed E-state index contributed by atoms with van der Waals surface area (Å²) in [6.07, 6.45) is 6.77. The van der Waals surface area contributed by atoms with Crippen LogP contribution in [0.5, 0.6) is 0 Å². The molecule has 278 valence electrons. The van der Waals surface area contributed by atoms with Crippen LogP contribution in [0.25, 0.3) is 21.5 Å². The summed E-state index contributed by atoms with van der Waals surface area (Å²) in [7, 11) is 0. The highest BCUT2D eigenvalue weighted by Gasteiger charge is 2.48. The van der Waals surface area contributed by atoms with E-state index in [4.69, 9.17) is 4.74 Å². The number of carbonyl (C=O) groups is 3. The number of ketones is 1. The first-order valence-electron chi connectivity index (χ1n) is 19.1. The molecule has 3 aliphatic rings. The average molecular weight is 726 g/mol. The van der Waals surface area contributed by atoms with Crippen molar-refractivity contribution in [3.05, 3.63) is 119 Å². The minimum Gasteiger partial charge on any atom is -0.506 e. The van der Waals surface area contributed by atoms with Crippen molar-refractivity contribution in [3.63, 3.8) is 0 Å². The summed E-state index contributed by atoms with van der Waals surface area (Å²) in [5, 5.41) is 25.5. The number of hydrogen-bond acceptors (Lipinski definition) is 6. The zero-order valence-corrected chi connectivity index (χ0v) is 31.9. The SMILES string of the molecule is CCOC(=O)CCCC[N+]1=C(/C=C2\C(=O)C(/C=C3/N(CCCCC(=O)O)c4ccc5ccccc5c4C3(C)C)=C2O)C(C)(C)c2c1ccc1ccccc21. The second kappa shape index (κ2) is 14.4. The number of hydrogen-bond donors (Lipinski definition) is 2. The van der Waals surface area contributed by atoms with Crippen molar-refractivity contribution in [2.24, 2.45) is 0 Å². The van der Waals surface area contributed by atoms with Gasteiger partial charge in [0, 0.05) is 60.3 Å². The Labute approximate surface area is 316 Å². The molecular weight excluding hydrogens is 677 g/mol. The highest BCUT2D eigenvalue weighted by atomic mass is 16.5. The first-order valence-corrected chi connectivity index (χ1v) is 19.1. The molecule has 0 bridgehead atoms. The van der Waals surface area contributed by atoms with Crippen LogP contribution in [-0.2, 0) is 30.0 Å². The number of esters is 1. The molecule has 0 amide bonds. The molecule has 2 aliphatic heterocycles. The number of fused-ring (bicyclic) bond motifs is 6. The predicted molar refractivity (Wildman–Crippen MR) is 214 cm³/mol. The third-order valence-electron chi connectivity index (χ3n) is 11.4. The molecule has 7 rings (SSSR count). The van der Waals surface area contributed by atoms with E-state index in [1.807, 2.05) is 43.3 Å². The zero-order valence-electron chi connectivity index (χ0n) is 31.9. The molecule has 8 heteroatoms. The number of aliphatic hydroxyl groups is 1. The molecular formula is C46H49N2O6+. The third kappa shape index (κ3) is 6.31. The number of Topliss-reactive ketones (excluding diaryl/α,β-unsaturated/α-hetero) is 1. The van der Waals surface area contributed by atoms with Crippen LogP contribution < -0.4 is 4.90 Å². The van der Waals surface area contributed by atoms with E-state index < -0.39 is 16.8 Å². The summed E-state index contributed by atoms with van der Waals surface area (Å²) in [4.78, 5) is 39.8. The molecule has 2 N–H and O–H groups in total. The van der Waals surface area contributed by atoms with E-state index in [0.717, 1.165) is 56.3 Å². The fourth-order valence-electron chi connectivity index (χ4n) is 8.78. The Morgan fingerprint density at radius 1 is 0.796 bits per heavy atom. The smallest absolute Gasteiger partial charge is 0.305 e. The van der Waals surface area contributed by atoms with Crippen LogP contribution in [0.1, 0.15) is 84.3 Å². The number of rotatable bonds is 13. The molecule has 0 unspecified atom stereocenters. The average Bonchev–Trinajstić information content (AvgIpc) is 3.50. The van der Waals surface area contributed by atoms with E-state index in [2.05, 4.69) is 85.7 Å². The molecule has 0 radical (unpaired) electrons. The van der Waals surface area contributed by atoms with Gasteiger partial charge in [-0.05, 0) is 85.4 Å². The number of ether oxygens (including phenoxy) is 1. The van der Waals surface area contributed by atoms with Crippen molar-refractivity contribution < 1.29 is 33.9 Å². The van der Waals surface area contributed by atoms with Crippen molar-refractivity contribution in [1.82, 2.24) is 0 Å². The van der Waals surface area contributed by atoms with Gasteiger partial charge in [0.25, 0.3) is 0 Å². The maximum atomic E-state index is 14.2. The quantitative estimate of drug-likeness (QED) is 0.0612. The number of unbranched alkanes of at least 4 members (excludes halogenated alkanes) is 2. The van der Waals surface area contributed by atoms with Crippen LogP contribution in [0.15, 0.2) is 108 Å². The Morgan fingerprint density at radius 3 is 2.11 bits per heavy atom. The molecule has 2 heterocycles. The lowest BCUT2D eigenvalue weighted by atomic mass is 9.76. The van der Waals surface area contributed by atoms with Crippen molar-refractivity contribution in [3.8, 4) is 0 Å². The highest BCUT2D eigenvalue weighted by Crippen LogP contribution is 2.52. The van der Waals surface area contributed by atoms with E-state index in [0.29, 0.717) is 45.4 Å². The van der Waals surface area contributed by atoms with Gasteiger partial charge in [-0.1, -0.05) is 68.4 Å². The monoisotopic (exact) mass is 725 g/mol. The molecule has 0 atom stereocenters. The molecule has 8 nitrogen and oxygen atoms in total. The Kier molecular flexibility index (Phi) is 9.81. The lowest BCUT2D eigenvalue weighted by molar-refractivity contribution is -0.438. The predicted octanol–water partition coefficient (Wildman–Crippen LogP) is 9.36. The lowest BCUT2D eigenvalue weighted by Crippen LogP contribution is -2.32. The Morgan fingerprint density at radius 2 is 1.44 bits per heavy atom. The number of anilines is 1. The van der Waals surface area contributed by atoms with Crippen molar-refractivity contribution in [2.75, 3.05) is 24.6 Å². The molecule has 4 aromatic carbocycles. The summed E-state index contributed by atoms with van der Waals surface area (Å²) >= 11 is 0. The standard InChI is InChI=1S/C46H48N2O6/c1-6-54-40(51)20-12-14-26-48-36-24-22-30-16-8-10-18-32(30)42(36)46(4,5)38(48)28-34-43(52)33(44(34)53)27-37-45(2,3)41-31-17-9-7-15-29(31)21-23-35(41)47(37)25-13-11-19-39(49)50/h7-10,15-18,21-24,27-28H,6,11-14,19-20,25-26H2,1-5H3,(H-,49,50,52,53)/p+1. The fourth-order valence-corrected chi connectivity index (χ4v) is 8.78. The van der Waals surface area contributed by atoms with Crippen molar-refractivity contribution >= 4 is 56.4 Å². The molecule has 54 heavy (non-hydrogen) atoms. The van der Waals surface area contributed by atoms with Gasteiger partial charge in [0.05, 0.1) is 23.2 Å². The second-order valence-corrected chi connectivity index (χ2v) is 15.6. The number of allylic oxidation sites excluding steroid dienone is 5. The second-order valence-electron chi connectivity index (χ2n) is 15.6. The van der Waals surface area contributed by atoms with E-state index in [-0.39, 0.29) is 35.1 Å². The third-order valence-corrected chi connectivity index (χ3v) is 11.4. The van der Waals surface area contributed by atoms with Gasteiger partial charge in [-0.3, -0.25) is 14.4 Å². The number of carboxylic acid groups (broad SMARTS) is 1. The van der Waals surface area contributed by atoms with Crippen LogP contribution in [0.3, 0.4) is 0 Å². The van der Waals surface area contributed by atoms with E-state index in [1.165, 1.54) is 5.56 Å². The Hall–Kier alpha value is -5.50. The molecule has 0 saturated carbocycles. The largest absolute Gasteiger partial charge is 0.506 e. The van der Waals surface area contributed by atoms with Gasteiger partial charge in [-0.25, -0.2) is 0 Å². The zero-order chi connectivity index (χ0) is 38.4. The van der Waals surface area contributed by atoms with Crippen LogP contribution in [-0.4, -0.2) is 57.9 Å². The van der Waals surface area contributed by atoms with E-state index in [9.17, 15) is 24.6 Å². The van der Waals surface area contributed by atoms with Gasteiger partial charge in [0.15, 0.2) is 5.71 Å². The summed E-state index contributed by atoms with van der Waals surface area (Å²) in [6, 6.07) is 25.1. The molecule has 1 aliphatic carbocycles. The van der Waals surface area contributed by atoms with Gasteiger partial charge in [-0.15, -0.1) is 0 Å². The van der Waals surface area contributed by atoms with Gasteiger partial charge >= 0.3 is 11.9 Å². The number of carboxylic acids is 1. The number of aliphatic hydroxyl groups excluding tert-OH is 1. The van der Waals surface area contributed by atoms with Crippen LogP contribution in [0.2, 0.25) is 0 Å². The van der Waals surface area contributed by atoms with Gasteiger partial charge in [-0.2, -0.15) is 4.58 Å². The number of nitrogens with zero attached hydrogens (tertiary/aromatic N) is 2. The van der Waals surface area contributed by atoms with Crippen LogP contribution in [0.4, 0.5) is 11.4 Å². The number of benzene rings is 4. The van der Waals surface area contributed by atoms with Crippen molar-refractivity contribution in [2.45, 2.75) is 84.0 Å². The topological polar surface area (TPSA) is 107 Å². The summed E-state index contributed by atoms with van der Waals surface area (Å²) < 4.78 is 7.40. The van der Waals surface area contributed by atoms with Gasteiger partial charge in [0.2, 0.25) is 11.5 Å². The first-order chi connectivity index (χ1) is 25.9. The van der Waals surface area contributed by atoms with Crippen molar-refractivity contribution in [1.29, 1.82) is 0 Å². The van der Waals surface area contributed by atoms with Crippen LogP contribution in [0, 0.1) is 0 Å². The molecule has 4 aromatic rings. The fraction of sp³-hybridized carbons (Fsp3) is 0.348. The minimum absolute atomic E-state index is 0.0266. The van der Waals surface area contributed by atoms with E-state index >= 15 is 0 Å². The summed E-state index contributed by atoms with van der Waals surface area (Å²) in [5.74, 6) is -1.26. The summed E-state index contributed by atoms with van der Waals surface area (Å²) in [6.45, 7) is 12.0. The molecule has 0 spiro atoms.